The van der Waals surface area contributed by atoms with Gasteiger partial charge in [-0.05, 0) is 13.8 Å². The average molecular weight is 244 g/mol. The van der Waals surface area contributed by atoms with Gasteiger partial charge < -0.3 is 10.0 Å². The first-order valence-electron chi connectivity index (χ1n) is 4.96. The van der Waals surface area contributed by atoms with Crippen molar-refractivity contribution in [3.63, 3.8) is 0 Å². The molecule has 1 rings (SSSR count). The minimum absolute atomic E-state index is 0.0619. The number of hydrogen-bond donors (Lipinski definition) is 1. The molecular weight excluding hydrogens is 230 g/mol. The molecule has 0 aliphatic carbocycles. The zero-order chi connectivity index (χ0) is 12.1. The Hall–Kier alpha value is -1.36. The molecule has 1 N–H and O–H groups in total. The molecule has 0 amide bonds. The van der Waals surface area contributed by atoms with E-state index in [0.717, 1.165) is 0 Å². The van der Waals surface area contributed by atoms with Crippen molar-refractivity contribution in [1.82, 2.24) is 9.97 Å². The van der Waals surface area contributed by atoms with Crippen LogP contribution in [0.4, 0.5) is 5.82 Å². The number of hydrogen-bond acceptors (Lipinski definition) is 4. The van der Waals surface area contributed by atoms with E-state index >= 15 is 0 Å². The summed E-state index contributed by atoms with van der Waals surface area (Å²) >= 11 is 5.74. The zero-order valence-corrected chi connectivity index (χ0v) is 9.98. The first kappa shape index (κ1) is 12.7. The Labute approximate surface area is 99.1 Å². The Balaban J connectivity index is 2.81. The summed E-state index contributed by atoms with van der Waals surface area (Å²) in [4.78, 5) is 20.4. The summed E-state index contributed by atoms with van der Waals surface area (Å²) in [6.07, 6.45) is 3.08. The molecule has 1 aromatic heterocycles. The minimum Gasteiger partial charge on any atom is -0.481 e. The molecule has 0 spiro atoms. The van der Waals surface area contributed by atoms with Gasteiger partial charge in [0.2, 0.25) is 0 Å². The number of halogens is 1. The molecule has 0 aliphatic rings. The molecule has 0 saturated carbocycles. The lowest BCUT2D eigenvalue weighted by molar-refractivity contribution is -0.136. The van der Waals surface area contributed by atoms with Crippen molar-refractivity contribution in [1.29, 1.82) is 0 Å². The second kappa shape index (κ2) is 5.65. The number of aliphatic carboxylic acids is 1. The molecule has 1 aromatic rings. The van der Waals surface area contributed by atoms with Crippen molar-refractivity contribution >= 4 is 23.4 Å². The van der Waals surface area contributed by atoms with E-state index in [9.17, 15) is 4.79 Å². The molecule has 16 heavy (non-hydrogen) atoms. The van der Waals surface area contributed by atoms with Crippen LogP contribution in [0, 0.1) is 0 Å². The van der Waals surface area contributed by atoms with Crippen LogP contribution < -0.4 is 4.90 Å². The predicted octanol–water partition coefficient (Wildman–Crippen LogP) is 1.82. The Kier molecular flexibility index (Phi) is 4.49. The van der Waals surface area contributed by atoms with Crippen LogP contribution in [0.15, 0.2) is 12.4 Å². The molecule has 0 radical (unpaired) electrons. The molecule has 0 saturated heterocycles. The molecule has 6 heteroatoms. The van der Waals surface area contributed by atoms with Crippen LogP contribution in [0.1, 0.15) is 20.3 Å². The fourth-order valence-electron chi connectivity index (χ4n) is 1.32. The molecule has 0 atom stereocenters. The third-order valence-electron chi connectivity index (χ3n) is 2.08. The van der Waals surface area contributed by atoms with Crippen LogP contribution in [0.5, 0.6) is 0 Å². The van der Waals surface area contributed by atoms with Crippen LogP contribution in [0.25, 0.3) is 0 Å². The average Bonchev–Trinajstić information content (AvgIpc) is 2.17. The summed E-state index contributed by atoms with van der Waals surface area (Å²) in [5.74, 6) is -0.232. The molecule has 0 aromatic carbocycles. The quantitative estimate of drug-likeness (QED) is 0.855. The topological polar surface area (TPSA) is 66.3 Å². The van der Waals surface area contributed by atoms with E-state index in [1.165, 1.54) is 6.20 Å². The predicted molar refractivity (Wildman–Crippen MR) is 61.8 cm³/mol. The molecule has 0 unspecified atom stereocenters. The first-order chi connectivity index (χ1) is 7.50. The van der Waals surface area contributed by atoms with Gasteiger partial charge in [-0.3, -0.25) is 9.78 Å². The fourth-order valence-corrected chi connectivity index (χ4v) is 1.47. The van der Waals surface area contributed by atoms with E-state index in [1.54, 1.807) is 6.20 Å². The normalized spacial score (nSPS) is 10.5. The van der Waals surface area contributed by atoms with Gasteiger partial charge in [-0.15, -0.1) is 0 Å². The van der Waals surface area contributed by atoms with Crippen molar-refractivity contribution in [2.75, 3.05) is 11.4 Å². The van der Waals surface area contributed by atoms with Crippen molar-refractivity contribution < 1.29 is 9.90 Å². The lowest BCUT2D eigenvalue weighted by Gasteiger charge is -2.26. The number of anilines is 1. The van der Waals surface area contributed by atoms with Crippen molar-refractivity contribution in [2.45, 2.75) is 26.3 Å². The summed E-state index contributed by atoms with van der Waals surface area (Å²) in [6, 6.07) is 0.145. The van der Waals surface area contributed by atoms with E-state index in [0.29, 0.717) is 17.5 Å². The summed E-state index contributed by atoms with van der Waals surface area (Å²) in [7, 11) is 0. The largest absolute Gasteiger partial charge is 0.481 e. The highest BCUT2D eigenvalue weighted by Crippen LogP contribution is 2.15. The number of rotatable bonds is 5. The Morgan fingerprint density at radius 3 is 2.75 bits per heavy atom. The van der Waals surface area contributed by atoms with Gasteiger partial charge in [-0.25, -0.2) is 4.98 Å². The van der Waals surface area contributed by atoms with Crippen LogP contribution >= 0.6 is 11.6 Å². The van der Waals surface area contributed by atoms with Crippen molar-refractivity contribution in [3.05, 3.63) is 17.5 Å². The molecular formula is C10H14ClN3O2. The summed E-state index contributed by atoms with van der Waals surface area (Å²) in [6.45, 7) is 4.32. The van der Waals surface area contributed by atoms with Gasteiger partial charge in [-0.2, -0.15) is 0 Å². The Morgan fingerprint density at radius 2 is 2.25 bits per heavy atom. The van der Waals surface area contributed by atoms with E-state index in [2.05, 4.69) is 9.97 Å². The van der Waals surface area contributed by atoms with Crippen LogP contribution in [-0.2, 0) is 4.79 Å². The van der Waals surface area contributed by atoms with Crippen LogP contribution in [0.2, 0.25) is 5.15 Å². The Bertz CT molecular complexity index is 371. The molecule has 1 heterocycles. The molecule has 0 bridgehead atoms. The highest BCUT2D eigenvalue weighted by atomic mass is 35.5. The second-order valence-electron chi connectivity index (χ2n) is 3.63. The number of carbonyl (C=O) groups is 1. The maximum Gasteiger partial charge on any atom is 0.305 e. The lowest BCUT2D eigenvalue weighted by Crippen LogP contribution is -2.33. The maximum atomic E-state index is 10.5. The minimum atomic E-state index is -0.833. The maximum absolute atomic E-state index is 10.5. The van der Waals surface area contributed by atoms with Gasteiger partial charge in [0.15, 0.2) is 0 Å². The standard InChI is InChI=1S/C10H14ClN3O2/c1-7(2)14(4-3-10(15)16)9-6-12-5-8(11)13-9/h5-7H,3-4H2,1-2H3,(H,15,16). The smallest absolute Gasteiger partial charge is 0.305 e. The van der Waals surface area contributed by atoms with Gasteiger partial charge in [0.05, 0.1) is 18.8 Å². The highest BCUT2D eigenvalue weighted by molar-refractivity contribution is 6.29. The van der Waals surface area contributed by atoms with Crippen molar-refractivity contribution in [3.8, 4) is 0 Å². The summed E-state index contributed by atoms with van der Waals surface area (Å²) in [5.41, 5.74) is 0. The van der Waals surface area contributed by atoms with Gasteiger partial charge in [0.25, 0.3) is 0 Å². The zero-order valence-electron chi connectivity index (χ0n) is 9.22. The molecule has 88 valence electrons. The number of carboxylic acid groups (broad SMARTS) is 1. The summed E-state index contributed by atoms with van der Waals surface area (Å²) in [5, 5.41) is 8.96. The van der Waals surface area contributed by atoms with E-state index < -0.39 is 5.97 Å². The number of aromatic nitrogens is 2. The first-order valence-corrected chi connectivity index (χ1v) is 5.34. The monoisotopic (exact) mass is 243 g/mol. The highest BCUT2D eigenvalue weighted by Gasteiger charge is 2.13. The Morgan fingerprint density at radius 1 is 1.56 bits per heavy atom. The van der Waals surface area contributed by atoms with E-state index in [4.69, 9.17) is 16.7 Å². The van der Waals surface area contributed by atoms with Gasteiger partial charge in [0.1, 0.15) is 11.0 Å². The third kappa shape index (κ3) is 3.66. The molecule has 0 fully saturated rings. The van der Waals surface area contributed by atoms with Gasteiger partial charge >= 0.3 is 5.97 Å². The van der Waals surface area contributed by atoms with E-state index in [1.807, 2.05) is 18.7 Å². The second-order valence-corrected chi connectivity index (χ2v) is 4.02. The third-order valence-corrected chi connectivity index (χ3v) is 2.26. The fraction of sp³-hybridized carbons (Fsp3) is 0.500. The SMILES string of the molecule is CC(C)N(CCC(=O)O)c1cncc(Cl)n1. The van der Waals surface area contributed by atoms with Gasteiger partial charge in [-0.1, -0.05) is 11.6 Å². The van der Waals surface area contributed by atoms with Crippen LogP contribution in [-0.4, -0.2) is 33.6 Å². The summed E-state index contributed by atoms with van der Waals surface area (Å²) < 4.78 is 0. The van der Waals surface area contributed by atoms with Crippen LogP contribution in [0.3, 0.4) is 0 Å². The lowest BCUT2D eigenvalue weighted by atomic mass is 10.3. The van der Waals surface area contributed by atoms with E-state index in [-0.39, 0.29) is 12.5 Å². The number of nitrogens with zero attached hydrogens (tertiary/aromatic N) is 3. The van der Waals surface area contributed by atoms with Gasteiger partial charge in [0, 0.05) is 12.6 Å². The molecule has 5 nitrogen and oxygen atoms in total. The van der Waals surface area contributed by atoms with Crippen molar-refractivity contribution in [2.24, 2.45) is 0 Å². The number of carboxylic acids is 1. The molecule has 0 aliphatic heterocycles.